The predicted molar refractivity (Wildman–Crippen MR) is 81.4 cm³/mol. The Kier molecular flexibility index (Phi) is 4.90. The first kappa shape index (κ1) is 16.1. The highest BCUT2D eigenvalue weighted by molar-refractivity contribution is 6.33. The van der Waals surface area contributed by atoms with Crippen molar-refractivity contribution in [3.8, 4) is 11.5 Å². The molecule has 0 fully saturated rings. The molecule has 1 N–H and O–H groups in total. The molecule has 0 saturated carbocycles. The zero-order valence-corrected chi connectivity index (χ0v) is 12.8. The number of ether oxygens (including phenoxy) is 2. The van der Waals surface area contributed by atoms with Crippen LogP contribution < -0.4 is 9.47 Å². The number of hydrogen-bond acceptors (Lipinski definition) is 4. The summed E-state index contributed by atoms with van der Waals surface area (Å²) in [7, 11) is 1.32. The Morgan fingerprint density at radius 2 is 1.68 bits per heavy atom. The molecular weight excluding hydrogens is 331 g/mol. The number of carboxylic acids is 1. The van der Waals surface area contributed by atoms with Crippen LogP contribution in [0.1, 0.15) is 20.7 Å². The van der Waals surface area contributed by atoms with Crippen LogP contribution >= 0.6 is 23.2 Å². The van der Waals surface area contributed by atoms with E-state index in [9.17, 15) is 9.59 Å². The lowest BCUT2D eigenvalue weighted by Gasteiger charge is -2.12. The summed E-state index contributed by atoms with van der Waals surface area (Å²) in [6.07, 6.45) is 0. The van der Waals surface area contributed by atoms with Gasteiger partial charge < -0.3 is 14.6 Å². The number of methoxy groups -OCH3 is 1. The van der Waals surface area contributed by atoms with Crippen molar-refractivity contribution in [2.45, 2.75) is 0 Å². The molecule has 0 saturated heterocycles. The number of halogens is 2. The molecule has 0 aliphatic carbocycles. The van der Waals surface area contributed by atoms with E-state index < -0.39 is 11.9 Å². The van der Waals surface area contributed by atoms with E-state index in [-0.39, 0.29) is 27.6 Å². The number of carboxylic acid groups (broad SMARTS) is 1. The average Bonchev–Trinajstić information content (AvgIpc) is 2.49. The van der Waals surface area contributed by atoms with E-state index in [1.165, 1.54) is 31.4 Å². The lowest BCUT2D eigenvalue weighted by atomic mass is 10.2. The van der Waals surface area contributed by atoms with E-state index in [1.807, 2.05) is 0 Å². The summed E-state index contributed by atoms with van der Waals surface area (Å²) in [6.45, 7) is 0. The third-order valence-electron chi connectivity index (χ3n) is 2.75. The minimum absolute atomic E-state index is 0.0425. The highest BCUT2D eigenvalue weighted by Gasteiger charge is 2.19. The second kappa shape index (κ2) is 6.68. The molecule has 22 heavy (non-hydrogen) atoms. The number of carbonyl (C=O) groups excluding carboxylic acids is 1. The molecule has 0 unspecified atom stereocenters. The van der Waals surface area contributed by atoms with Crippen molar-refractivity contribution in [2.75, 3.05) is 7.11 Å². The van der Waals surface area contributed by atoms with Crippen molar-refractivity contribution in [2.24, 2.45) is 0 Å². The van der Waals surface area contributed by atoms with E-state index >= 15 is 0 Å². The van der Waals surface area contributed by atoms with Gasteiger partial charge in [0.05, 0.1) is 23.3 Å². The summed E-state index contributed by atoms with van der Waals surface area (Å²) in [5, 5.41) is 9.41. The average molecular weight is 341 g/mol. The van der Waals surface area contributed by atoms with Gasteiger partial charge in [-0.3, -0.25) is 0 Å². The first-order chi connectivity index (χ1) is 10.4. The van der Waals surface area contributed by atoms with Crippen LogP contribution in [0.15, 0.2) is 36.4 Å². The molecule has 0 aromatic heterocycles. The number of carbonyl (C=O) groups is 2. The van der Waals surface area contributed by atoms with Crippen LogP contribution in [0.3, 0.4) is 0 Å². The Morgan fingerprint density at radius 3 is 2.23 bits per heavy atom. The van der Waals surface area contributed by atoms with Gasteiger partial charge in [-0.2, -0.15) is 0 Å². The molecule has 114 valence electrons. The minimum atomic E-state index is -1.17. The predicted octanol–water partition coefficient (Wildman–Crippen LogP) is 3.92. The monoisotopic (exact) mass is 340 g/mol. The van der Waals surface area contributed by atoms with Gasteiger partial charge in [0.15, 0.2) is 11.5 Å². The van der Waals surface area contributed by atoms with E-state index in [1.54, 1.807) is 12.1 Å². The van der Waals surface area contributed by atoms with Crippen LogP contribution in [0, 0.1) is 0 Å². The molecule has 0 bridgehead atoms. The second-order valence-electron chi connectivity index (χ2n) is 4.19. The quantitative estimate of drug-likeness (QED) is 0.674. The molecule has 0 heterocycles. The van der Waals surface area contributed by atoms with Crippen LogP contribution in [-0.2, 0) is 0 Å². The highest BCUT2D eigenvalue weighted by Crippen LogP contribution is 2.37. The fourth-order valence-corrected chi connectivity index (χ4v) is 2.06. The van der Waals surface area contributed by atoms with Gasteiger partial charge >= 0.3 is 11.9 Å². The molecule has 2 aromatic carbocycles. The van der Waals surface area contributed by atoms with E-state index in [2.05, 4.69) is 0 Å². The lowest BCUT2D eigenvalue weighted by Crippen LogP contribution is -2.10. The molecule has 0 atom stereocenters. The van der Waals surface area contributed by atoms with Gasteiger partial charge in [0.1, 0.15) is 0 Å². The van der Waals surface area contributed by atoms with Crippen LogP contribution in [0.25, 0.3) is 0 Å². The third-order valence-corrected chi connectivity index (χ3v) is 3.28. The summed E-state index contributed by atoms with van der Waals surface area (Å²) in [5.74, 6) is -1.84. The molecule has 2 aromatic rings. The third kappa shape index (κ3) is 3.50. The Hall–Kier alpha value is -2.24. The Balaban J connectivity index is 2.34. The minimum Gasteiger partial charge on any atom is -0.493 e. The number of hydrogen-bond donors (Lipinski definition) is 1. The summed E-state index contributed by atoms with van der Waals surface area (Å²) in [6, 6.07) is 8.48. The summed E-state index contributed by atoms with van der Waals surface area (Å²) in [5.41, 5.74) is 0.193. The van der Waals surface area contributed by atoms with E-state index in [4.69, 9.17) is 37.8 Å². The first-order valence-corrected chi connectivity index (χ1v) is 6.76. The molecule has 5 nitrogen and oxygen atoms in total. The molecule has 0 radical (unpaired) electrons. The Bertz CT molecular complexity index is 725. The second-order valence-corrected chi connectivity index (χ2v) is 5.03. The van der Waals surface area contributed by atoms with Gasteiger partial charge in [-0.15, -0.1) is 0 Å². The highest BCUT2D eigenvalue weighted by atomic mass is 35.5. The van der Waals surface area contributed by atoms with Crippen molar-refractivity contribution in [3.05, 3.63) is 57.6 Å². The zero-order chi connectivity index (χ0) is 16.3. The van der Waals surface area contributed by atoms with Crippen molar-refractivity contribution < 1.29 is 24.2 Å². The van der Waals surface area contributed by atoms with Gasteiger partial charge in [-0.25, -0.2) is 9.59 Å². The molecule has 0 amide bonds. The number of benzene rings is 2. The molecule has 0 spiro atoms. The lowest BCUT2D eigenvalue weighted by molar-refractivity contribution is 0.0696. The van der Waals surface area contributed by atoms with Crippen molar-refractivity contribution in [1.82, 2.24) is 0 Å². The SMILES string of the molecule is COc1cc(C(=O)O)cc(Cl)c1OC(=O)c1ccc(Cl)cc1. The Labute approximate surface area is 136 Å². The molecule has 0 aliphatic heterocycles. The van der Waals surface area contributed by atoms with Crippen LogP contribution in [-0.4, -0.2) is 24.2 Å². The fourth-order valence-electron chi connectivity index (χ4n) is 1.68. The zero-order valence-electron chi connectivity index (χ0n) is 11.3. The molecule has 2 rings (SSSR count). The number of esters is 1. The molecule has 7 heteroatoms. The maximum atomic E-state index is 12.1. The van der Waals surface area contributed by atoms with Crippen LogP contribution in [0.5, 0.6) is 11.5 Å². The standard InChI is InChI=1S/C15H10Cl2O5/c1-21-12-7-9(14(18)19)6-11(17)13(12)22-15(20)8-2-4-10(16)5-3-8/h2-7H,1H3,(H,18,19). The number of rotatable bonds is 4. The number of aromatic carboxylic acids is 1. The van der Waals surface area contributed by atoms with Crippen molar-refractivity contribution in [3.63, 3.8) is 0 Å². The molecular formula is C15H10Cl2O5. The van der Waals surface area contributed by atoms with Gasteiger partial charge in [0.2, 0.25) is 0 Å². The Morgan fingerprint density at radius 1 is 1.05 bits per heavy atom. The summed E-state index contributed by atoms with van der Waals surface area (Å²) in [4.78, 5) is 23.0. The smallest absolute Gasteiger partial charge is 0.343 e. The molecule has 0 aliphatic rings. The van der Waals surface area contributed by atoms with Gasteiger partial charge in [-0.1, -0.05) is 23.2 Å². The van der Waals surface area contributed by atoms with Crippen molar-refractivity contribution >= 4 is 35.1 Å². The summed E-state index contributed by atoms with van der Waals surface area (Å²) >= 11 is 11.7. The normalized spacial score (nSPS) is 10.1. The van der Waals surface area contributed by atoms with Gasteiger partial charge in [0, 0.05) is 5.02 Å². The largest absolute Gasteiger partial charge is 0.493 e. The fraction of sp³-hybridized carbons (Fsp3) is 0.0667. The summed E-state index contributed by atoms with van der Waals surface area (Å²) < 4.78 is 10.2. The van der Waals surface area contributed by atoms with Crippen LogP contribution in [0.4, 0.5) is 0 Å². The maximum absolute atomic E-state index is 12.1. The van der Waals surface area contributed by atoms with Gasteiger partial charge in [-0.05, 0) is 36.4 Å². The topological polar surface area (TPSA) is 72.8 Å². The first-order valence-electron chi connectivity index (χ1n) is 6.01. The maximum Gasteiger partial charge on any atom is 0.343 e. The van der Waals surface area contributed by atoms with E-state index in [0.717, 1.165) is 0 Å². The van der Waals surface area contributed by atoms with E-state index in [0.29, 0.717) is 5.02 Å². The van der Waals surface area contributed by atoms with Crippen molar-refractivity contribution in [1.29, 1.82) is 0 Å². The van der Waals surface area contributed by atoms with Gasteiger partial charge in [0.25, 0.3) is 0 Å². The van der Waals surface area contributed by atoms with Crippen LogP contribution in [0.2, 0.25) is 10.0 Å².